The Bertz CT molecular complexity index is 591. The first kappa shape index (κ1) is 14.6. The number of halogens is 2. The third-order valence-corrected chi connectivity index (χ3v) is 3.48. The van der Waals surface area contributed by atoms with Gasteiger partial charge in [0.25, 0.3) is 0 Å². The summed E-state index contributed by atoms with van der Waals surface area (Å²) in [5.74, 6) is -0.913. The number of carbonyl (C=O) groups excluding carboxylic acids is 3. The number of nitrogens with zero attached hydrogens (tertiary/aromatic N) is 2. The van der Waals surface area contributed by atoms with E-state index in [-0.39, 0.29) is 13.1 Å². The van der Waals surface area contributed by atoms with Crippen LogP contribution in [0, 0.1) is 0 Å². The predicted octanol–water partition coefficient (Wildman–Crippen LogP) is 1.81. The van der Waals surface area contributed by atoms with E-state index in [0.29, 0.717) is 15.6 Å². The lowest BCUT2D eigenvalue weighted by molar-refractivity contribution is -0.151. The first-order chi connectivity index (χ1) is 9.38. The quantitative estimate of drug-likeness (QED) is 0.904. The van der Waals surface area contributed by atoms with E-state index in [9.17, 15) is 14.4 Å². The molecule has 1 aliphatic heterocycles. The Morgan fingerprint density at radius 2 is 2.00 bits per heavy atom. The lowest BCUT2D eigenvalue weighted by Gasteiger charge is -2.36. The molecule has 0 spiro atoms. The summed E-state index contributed by atoms with van der Waals surface area (Å²) in [4.78, 5) is 34.6. The molecule has 1 heterocycles. The average molecular weight is 316 g/mol. The second-order valence-corrected chi connectivity index (χ2v) is 5.05. The molecule has 4 amide bonds. The molecule has 1 saturated heterocycles. The number of hydrogen-bond donors (Lipinski definition) is 1. The topological polar surface area (TPSA) is 69.7 Å². The Kier molecular flexibility index (Phi) is 4.15. The van der Waals surface area contributed by atoms with Gasteiger partial charge in [-0.05, 0) is 17.7 Å². The smallest absolute Gasteiger partial charge is 0.275 e. The molecular formula is C12H11Cl2N3O3. The minimum absolute atomic E-state index is 0.107. The van der Waals surface area contributed by atoms with Crippen molar-refractivity contribution in [2.24, 2.45) is 0 Å². The van der Waals surface area contributed by atoms with E-state index in [0.717, 1.165) is 10.0 Å². The highest BCUT2D eigenvalue weighted by Gasteiger charge is 2.32. The Hall–Kier alpha value is -1.79. The van der Waals surface area contributed by atoms with Crippen LogP contribution in [0.5, 0.6) is 0 Å². The van der Waals surface area contributed by atoms with Crippen LogP contribution >= 0.6 is 23.2 Å². The zero-order valence-electron chi connectivity index (χ0n) is 10.5. The van der Waals surface area contributed by atoms with Crippen LogP contribution in [0.3, 0.4) is 0 Å². The average Bonchev–Trinajstić information content (AvgIpc) is 2.36. The van der Waals surface area contributed by atoms with Gasteiger partial charge in [0.15, 0.2) is 0 Å². The first-order valence-corrected chi connectivity index (χ1v) is 6.47. The number of amides is 4. The molecule has 0 atom stereocenters. The molecule has 0 radical (unpaired) electrons. The molecule has 8 heteroatoms. The molecule has 1 fully saturated rings. The Balaban J connectivity index is 2.24. The number of carbonyl (C=O) groups is 3. The maximum absolute atomic E-state index is 11.8. The number of hydrazine groups is 1. The largest absolute Gasteiger partial charge is 0.343 e. The molecule has 0 aliphatic carbocycles. The highest BCUT2D eigenvalue weighted by molar-refractivity contribution is 6.42. The van der Waals surface area contributed by atoms with E-state index in [1.54, 1.807) is 18.2 Å². The second-order valence-electron chi connectivity index (χ2n) is 4.24. The summed E-state index contributed by atoms with van der Waals surface area (Å²) < 4.78 is 0. The lowest BCUT2D eigenvalue weighted by atomic mass is 10.2. The van der Waals surface area contributed by atoms with Crippen LogP contribution in [-0.4, -0.2) is 34.4 Å². The highest BCUT2D eigenvalue weighted by Crippen LogP contribution is 2.23. The number of urea groups is 1. The predicted molar refractivity (Wildman–Crippen MR) is 72.9 cm³/mol. The van der Waals surface area contributed by atoms with Crippen molar-refractivity contribution in [1.82, 2.24) is 15.3 Å². The molecule has 0 saturated carbocycles. The van der Waals surface area contributed by atoms with Gasteiger partial charge in [0, 0.05) is 6.92 Å². The van der Waals surface area contributed by atoms with Crippen LogP contribution in [0.1, 0.15) is 12.5 Å². The van der Waals surface area contributed by atoms with Gasteiger partial charge in [-0.3, -0.25) is 14.9 Å². The van der Waals surface area contributed by atoms with Gasteiger partial charge in [0.2, 0.25) is 11.8 Å². The fourth-order valence-corrected chi connectivity index (χ4v) is 2.12. The van der Waals surface area contributed by atoms with Crippen LogP contribution in [0.25, 0.3) is 0 Å². The van der Waals surface area contributed by atoms with Gasteiger partial charge in [0.05, 0.1) is 16.6 Å². The van der Waals surface area contributed by atoms with Crippen molar-refractivity contribution in [1.29, 1.82) is 0 Å². The van der Waals surface area contributed by atoms with Gasteiger partial charge in [-0.1, -0.05) is 29.3 Å². The van der Waals surface area contributed by atoms with Crippen molar-refractivity contribution in [3.05, 3.63) is 33.8 Å². The van der Waals surface area contributed by atoms with Gasteiger partial charge >= 0.3 is 6.03 Å². The molecule has 6 nitrogen and oxygen atoms in total. The monoisotopic (exact) mass is 315 g/mol. The minimum Gasteiger partial charge on any atom is -0.275 e. The molecule has 1 aromatic rings. The van der Waals surface area contributed by atoms with Crippen molar-refractivity contribution >= 4 is 41.0 Å². The van der Waals surface area contributed by atoms with E-state index < -0.39 is 17.8 Å². The fraction of sp³-hybridized carbons (Fsp3) is 0.250. The molecule has 2 rings (SSSR count). The normalized spacial score (nSPS) is 15.3. The summed E-state index contributed by atoms with van der Waals surface area (Å²) in [5.41, 5.74) is 0.690. The van der Waals surface area contributed by atoms with Crippen LogP contribution in [0.4, 0.5) is 4.79 Å². The molecule has 0 unspecified atom stereocenters. The molecule has 1 N–H and O–H groups in total. The van der Waals surface area contributed by atoms with Crippen molar-refractivity contribution < 1.29 is 14.4 Å². The van der Waals surface area contributed by atoms with E-state index in [1.807, 2.05) is 0 Å². The number of imide groups is 1. The highest BCUT2D eigenvalue weighted by atomic mass is 35.5. The molecule has 0 bridgehead atoms. The summed E-state index contributed by atoms with van der Waals surface area (Å²) >= 11 is 11.7. The van der Waals surface area contributed by atoms with Gasteiger partial charge in [-0.2, -0.15) is 0 Å². The number of nitrogens with one attached hydrogen (secondary N) is 1. The van der Waals surface area contributed by atoms with Crippen LogP contribution in [-0.2, 0) is 16.1 Å². The zero-order chi connectivity index (χ0) is 14.9. The van der Waals surface area contributed by atoms with Crippen molar-refractivity contribution in [2.45, 2.75) is 13.5 Å². The van der Waals surface area contributed by atoms with Gasteiger partial charge < -0.3 is 0 Å². The molecule has 106 valence electrons. The Morgan fingerprint density at radius 1 is 1.30 bits per heavy atom. The van der Waals surface area contributed by atoms with Crippen molar-refractivity contribution in [3.63, 3.8) is 0 Å². The van der Waals surface area contributed by atoms with Crippen LogP contribution in [0.15, 0.2) is 18.2 Å². The Morgan fingerprint density at radius 3 is 2.60 bits per heavy atom. The molecule has 0 aromatic heterocycles. The standard InChI is InChI=1S/C12H11Cl2N3O3/c1-7(18)16-6-11(19)15-12(20)17(16)5-8-2-3-9(13)10(14)4-8/h2-4H,5-6H2,1H3,(H,15,19,20). The van der Waals surface area contributed by atoms with Crippen LogP contribution in [0.2, 0.25) is 10.0 Å². The summed E-state index contributed by atoms with van der Waals surface area (Å²) in [6.07, 6.45) is 0. The minimum atomic E-state index is -0.650. The molecular weight excluding hydrogens is 305 g/mol. The fourth-order valence-electron chi connectivity index (χ4n) is 1.80. The van der Waals surface area contributed by atoms with Gasteiger partial charge in [-0.15, -0.1) is 0 Å². The van der Waals surface area contributed by atoms with Crippen LogP contribution < -0.4 is 5.32 Å². The van der Waals surface area contributed by atoms with Crippen molar-refractivity contribution in [2.75, 3.05) is 6.54 Å². The molecule has 20 heavy (non-hydrogen) atoms. The second kappa shape index (κ2) is 5.68. The van der Waals surface area contributed by atoms with E-state index in [2.05, 4.69) is 5.32 Å². The number of rotatable bonds is 2. The van der Waals surface area contributed by atoms with E-state index in [1.165, 1.54) is 6.92 Å². The third kappa shape index (κ3) is 3.02. The maximum Gasteiger partial charge on any atom is 0.343 e. The lowest BCUT2D eigenvalue weighted by Crippen LogP contribution is -2.61. The number of benzene rings is 1. The number of hydrogen-bond acceptors (Lipinski definition) is 3. The first-order valence-electron chi connectivity index (χ1n) is 5.72. The molecule has 1 aliphatic rings. The van der Waals surface area contributed by atoms with E-state index in [4.69, 9.17) is 23.2 Å². The summed E-state index contributed by atoms with van der Waals surface area (Å²) in [6.45, 7) is 1.20. The summed E-state index contributed by atoms with van der Waals surface area (Å²) in [6, 6.07) is 4.24. The Labute approximate surface area is 125 Å². The van der Waals surface area contributed by atoms with Gasteiger partial charge in [0.1, 0.15) is 6.54 Å². The summed E-state index contributed by atoms with van der Waals surface area (Å²) in [5, 5.41) is 5.15. The third-order valence-electron chi connectivity index (χ3n) is 2.75. The van der Waals surface area contributed by atoms with Gasteiger partial charge in [-0.25, -0.2) is 14.8 Å². The van der Waals surface area contributed by atoms with E-state index >= 15 is 0 Å². The zero-order valence-corrected chi connectivity index (χ0v) is 12.0. The van der Waals surface area contributed by atoms with Crippen molar-refractivity contribution in [3.8, 4) is 0 Å². The molecule has 1 aromatic carbocycles. The maximum atomic E-state index is 11.8. The SMILES string of the molecule is CC(=O)N1CC(=O)NC(=O)N1Cc1ccc(Cl)c(Cl)c1. The summed E-state index contributed by atoms with van der Waals surface area (Å²) in [7, 11) is 0.